The van der Waals surface area contributed by atoms with Crippen LogP contribution in [0.4, 0.5) is 8.78 Å². The van der Waals surface area contributed by atoms with E-state index in [4.69, 9.17) is 5.84 Å². The van der Waals surface area contributed by atoms with E-state index >= 15 is 0 Å². The topological polar surface area (TPSA) is 38.0 Å². The Morgan fingerprint density at radius 1 is 1.24 bits per heavy atom. The molecule has 2 nitrogen and oxygen atoms in total. The first-order valence-electron chi connectivity index (χ1n) is 6.03. The van der Waals surface area contributed by atoms with Gasteiger partial charge in [-0.05, 0) is 24.0 Å². The molecule has 1 unspecified atom stereocenters. The third-order valence-corrected chi connectivity index (χ3v) is 3.30. The van der Waals surface area contributed by atoms with Crippen LogP contribution in [0.1, 0.15) is 32.3 Å². The molecule has 4 heteroatoms. The molecule has 0 radical (unpaired) electrons. The molecule has 0 aliphatic rings. The minimum Gasteiger partial charge on any atom is -0.271 e. The van der Waals surface area contributed by atoms with Crippen LogP contribution in [-0.4, -0.2) is 6.04 Å². The number of hydrogen-bond acceptors (Lipinski definition) is 2. The zero-order valence-corrected chi connectivity index (χ0v) is 10.3. The highest BCUT2D eigenvalue weighted by molar-refractivity contribution is 5.20. The summed E-state index contributed by atoms with van der Waals surface area (Å²) in [7, 11) is 0. The molecule has 0 heterocycles. The highest BCUT2D eigenvalue weighted by Crippen LogP contribution is 2.19. The molecule has 0 amide bonds. The maximum Gasteiger partial charge on any atom is 0.162 e. The Kier molecular flexibility index (Phi) is 5.51. The van der Waals surface area contributed by atoms with E-state index < -0.39 is 11.6 Å². The van der Waals surface area contributed by atoms with Crippen molar-refractivity contribution in [2.45, 2.75) is 39.2 Å². The van der Waals surface area contributed by atoms with Gasteiger partial charge in [-0.2, -0.15) is 0 Å². The fourth-order valence-corrected chi connectivity index (χ4v) is 2.16. The van der Waals surface area contributed by atoms with Crippen LogP contribution >= 0.6 is 0 Å². The summed E-state index contributed by atoms with van der Waals surface area (Å²) in [5.74, 6) is 4.29. The number of hydrazine groups is 1. The molecule has 1 atom stereocenters. The van der Waals surface area contributed by atoms with Crippen molar-refractivity contribution in [2.75, 3.05) is 0 Å². The van der Waals surface area contributed by atoms with E-state index in [0.29, 0.717) is 17.9 Å². The number of rotatable bonds is 6. The molecule has 1 rings (SSSR count). The van der Waals surface area contributed by atoms with Gasteiger partial charge in [0.2, 0.25) is 0 Å². The zero-order chi connectivity index (χ0) is 12.8. The molecule has 0 bridgehead atoms. The SMILES string of the molecule is CCC(CC)C(Cc1cccc(F)c1F)NN. The maximum absolute atomic E-state index is 13.5. The third kappa shape index (κ3) is 3.48. The average Bonchev–Trinajstić information content (AvgIpc) is 2.34. The van der Waals surface area contributed by atoms with Gasteiger partial charge in [0, 0.05) is 6.04 Å². The van der Waals surface area contributed by atoms with Gasteiger partial charge in [-0.15, -0.1) is 0 Å². The first kappa shape index (κ1) is 14.1. The molecule has 0 aliphatic heterocycles. The number of hydrogen-bond donors (Lipinski definition) is 2. The van der Waals surface area contributed by atoms with Crippen LogP contribution in [0, 0.1) is 17.6 Å². The van der Waals surface area contributed by atoms with Gasteiger partial charge in [-0.3, -0.25) is 11.3 Å². The van der Waals surface area contributed by atoms with Crippen LogP contribution in [0.25, 0.3) is 0 Å². The summed E-state index contributed by atoms with van der Waals surface area (Å²) >= 11 is 0. The van der Waals surface area contributed by atoms with Crippen LogP contribution < -0.4 is 11.3 Å². The van der Waals surface area contributed by atoms with E-state index in [1.165, 1.54) is 6.07 Å². The number of nitrogens with one attached hydrogen (secondary N) is 1. The van der Waals surface area contributed by atoms with Gasteiger partial charge >= 0.3 is 0 Å². The van der Waals surface area contributed by atoms with Crippen LogP contribution in [0.15, 0.2) is 18.2 Å². The Labute approximate surface area is 101 Å². The van der Waals surface area contributed by atoms with Crippen LogP contribution in [0.3, 0.4) is 0 Å². The smallest absolute Gasteiger partial charge is 0.162 e. The monoisotopic (exact) mass is 242 g/mol. The first-order chi connectivity index (χ1) is 8.13. The van der Waals surface area contributed by atoms with Crippen LogP contribution in [0.5, 0.6) is 0 Å². The maximum atomic E-state index is 13.5. The van der Waals surface area contributed by atoms with E-state index in [9.17, 15) is 8.78 Å². The van der Waals surface area contributed by atoms with Gasteiger partial charge in [-0.1, -0.05) is 38.8 Å². The summed E-state index contributed by atoms with van der Waals surface area (Å²) in [4.78, 5) is 0. The van der Waals surface area contributed by atoms with Crippen molar-refractivity contribution in [3.63, 3.8) is 0 Å². The van der Waals surface area contributed by atoms with Crippen molar-refractivity contribution in [1.29, 1.82) is 0 Å². The Hall–Kier alpha value is -1.00. The normalized spacial score (nSPS) is 13.1. The van der Waals surface area contributed by atoms with E-state index in [1.54, 1.807) is 6.07 Å². The zero-order valence-electron chi connectivity index (χ0n) is 10.3. The summed E-state index contributed by atoms with van der Waals surface area (Å²) in [6, 6.07) is 4.22. The summed E-state index contributed by atoms with van der Waals surface area (Å²) in [6.07, 6.45) is 2.33. The van der Waals surface area contributed by atoms with E-state index in [-0.39, 0.29) is 6.04 Å². The van der Waals surface area contributed by atoms with Gasteiger partial charge < -0.3 is 0 Å². The number of nitrogens with two attached hydrogens (primary N) is 1. The molecular formula is C13H20F2N2. The summed E-state index contributed by atoms with van der Waals surface area (Å²) in [6.45, 7) is 4.14. The van der Waals surface area contributed by atoms with E-state index in [0.717, 1.165) is 18.9 Å². The van der Waals surface area contributed by atoms with Gasteiger partial charge in [0.05, 0.1) is 0 Å². The molecule has 0 saturated carbocycles. The molecule has 3 N–H and O–H groups in total. The van der Waals surface area contributed by atoms with Crippen molar-refractivity contribution >= 4 is 0 Å². The average molecular weight is 242 g/mol. The fraction of sp³-hybridized carbons (Fsp3) is 0.538. The van der Waals surface area contributed by atoms with Crippen LogP contribution in [0.2, 0.25) is 0 Å². The molecule has 17 heavy (non-hydrogen) atoms. The second kappa shape index (κ2) is 6.67. The van der Waals surface area contributed by atoms with Crippen molar-refractivity contribution in [1.82, 2.24) is 5.43 Å². The molecule has 1 aromatic rings. The lowest BCUT2D eigenvalue weighted by atomic mass is 9.90. The molecule has 0 saturated heterocycles. The largest absolute Gasteiger partial charge is 0.271 e. The number of benzene rings is 1. The molecule has 0 aromatic heterocycles. The molecular weight excluding hydrogens is 222 g/mol. The number of halogens is 2. The minimum atomic E-state index is -0.803. The second-order valence-corrected chi connectivity index (χ2v) is 4.27. The lowest BCUT2D eigenvalue weighted by molar-refractivity contribution is 0.331. The van der Waals surface area contributed by atoms with E-state index in [2.05, 4.69) is 19.3 Å². The van der Waals surface area contributed by atoms with Crippen molar-refractivity contribution in [3.05, 3.63) is 35.4 Å². The van der Waals surface area contributed by atoms with E-state index in [1.807, 2.05) is 0 Å². The predicted octanol–water partition coefficient (Wildman–Crippen LogP) is 2.78. The van der Waals surface area contributed by atoms with Crippen molar-refractivity contribution in [2.24, 2.45) is 11.8 Å². The van der Waals surface area contributed by atoms with Crippen molar-refractivity contribution in [3.8, 4) is 0 Å². The summed E-state index contributed by atoms with van der Waals surface area (Å²) < 4.78 is 26.6. The molecule has 96 valence electrons. The van der Waals surface area contributed by atoms with Gasteiger partial charge in [-0.25, -0.2) is 8.78 Å². The van der Waals surface area contributed by atoms with Crippen molar-refractivity contribution < 1.29 is 8.78 Å². The Bertz CT molecular complexity index is 351. The highest BCUT2D eigenvalue weighted by Gasteiger charge is 2.19. The minimum absolute atomic E-state index is 0.0266. The summed E-state index contributed by atoms with van der Waals surface area (Å²) in [5.41, 5.74) is 3.08. The van der Waals surface area contributed by atoms with Gasteiger partial charge in [0.15, 0.2) is 11.6 Å². The first-order valence-corrected chi connectivity index (χ1v) is 6.03. The molecule has 0 spiro atoms. The van der Waals surface area contributed by atoms with Gasteiger partial charge in [0.25, 0.3) is 0 Å². The Morgan fingerprint density at radius 3 is 2.41 bits per heavy atom. The highest BCUT2D eigenvalue weighted by atomic mass is 19.2. The second-order valence-electron chi connectivity index (χ2n) is 4.27. The molecule has 0 fully saturated rings. The third-order valence-electron chi connectivity index (χ3n) is 3.30. The quantitative estimate of drug-likeness (QED) is 0.594. The lowest BCUT2D eigenvalue weighted by Gasteiger charge is -2.24. The standard InChI is InChI=1S/C13H20F2N2/c1-3-9(4-2)12(17-16)8-10-6-5-7-11(14)13(10)15/h5-7,9,12,17H,3-4,8,16H2,1-2H3. The summed E-state index contributed by atoms with van der Waals surface area (Å²) in [5, 5.41) is 0. The Morgan fingerprint density at radius 2 is 1.88 bits per heavy atom. The Balaban J connectivity index is 2.83. The molecule has 0 aliphatic carbocycles. The van der Waals surface area contributed by atoms with Gasteiger partial charge in [0.1, 0.15) is 0 Å². The van der Waals surface area contributed by atoms with Crippen LogP contribution in [-0.2, 0) is 6.42 Å². The molecule has 1 aromatic carbocycles. The fourth-order valence-electron chi connectivity index (χ4n) is 2.16. The lowest BCUT2D eigenvalue weighted by Crippen LogP contribution is -2.42. The predicted molar refractivity (Wildman–Crippen MR) is 65.2 cm³/mol.